The van der Waals surface area contributed by atoms with Crippen LogP contribution in [0.25, 0.3) is 0 Å². The molecule has 0 fully saturated rings. The largest absolute Gasteiger partial charge is 0.468 e. The summed E-state index contributed by atoms with van der Waals surface area (Å²) in [7, 11) is 0. The van der Waals surface area contributed by atoms with E-state index in [1.54, 1.807) is 0 Å². The lowest BCUT2D eigenvalue weighted by Gasteiger charge is -1.92. The van der Waals surface area contributed by atoms with Gasteiger partial charge in [0.1, 0.15) is 0 Å². The lowest BCUT2D eigenvalue weighted by molar-refractivity contribution is -0.129. The SMILES string of the molecule is [NH]C(=O)CCCOC=O. The first kappa shape index (κ1) is 7.94. The Balaban J connectivity index is 2.91. The van der Waals surface area contributed by atoms with E-state index < -0.39 is 5.91 Å². The van der Waals surface area contributed by atoms with Crippen LogP contribution in [-0.4, -0.2) is 19.0 Å². The second-order valence-electron chi connectivity index (χ2n) is 1.49. The number of hydrogen-bond donors (Lipinski definition) is 0. The molecular weight excluding hydrogens is 122 g/mol. The zero-order chi connectivity index (χ0) is 7.11. The number of hydrogen-bond acceptors (Lipinski definition) is 3. The van der Waals surface area contributed by atoms with Gasteiger partial charge in [-0.15, -0.1) is 0 Å². The van der Waals surface area contributed by atoms with Crippen molar-refractivity contribution in [3.8, 4) is 0 Å². The van der Waals surface area contributed by atoms with Crippen molar-refractivity contribution in [2.75, 3.05) is 6.61 Å². The minimum absolute atomic E-state index is 0.161. The molecule has 0 atom stereocenters. The van der Waals surface area contributed by atoms with Crippen molar-refractivity contribution in [1.82, 2.24) is 5.73 Å². The Labute approximate surface area is 53.0 Å². The molecule has 1 radical (unpaired) electrons. The highest BCUT2D eigenvalue weighted by molar-refractivity contribution is 5.72. The molecule has 0 aliphatic heterocycles. The smallest absolute Gasteiger partial charge is 0.293 e. The average Bonchev–Trinajstić information content (AvgIpc) is 1.80. The molecule has 0 aliphatic carbocycles. The van der Waals surface area contributed by atoms with Crippen LogP contribution in [0.2, 0.25) is 0 Å². The molecule has 0 unspecified atom stereocenters. The summed E-state index contributed by atoms with van der Waals surface area (Å²) in [6.07, 6.45) is 0.606. The number of carbonyl (C=O) groups excluding carboxylic acids is 2. The monoisotopic (exact) mass is 130 g/mol. The minimum atomic E-state index is -0.621. The van der Waals surface area contributed by atoms with Crippen molar-refractivity contribution in [1.29, 1.82) is 0 Å². The summed E-state index contributed by atoms with van der Waals surface area (Å²) in [5, 5.41) is 0. The van der Waals surface area contributed by atoms with Crippen molar-refractivity contribution < 1.29 is 14.3 Å². The fourth-order valence-electron chi connectivity index (χ4n) is 0.364. The molecular formula is C5H8NO3. The lowest BCUT2D eigenvalue weighted by Crippen LogP contribution is -2.00. The summed E-state index contributed by atoms with van der Waals surface area (Å²) in [6, 6.07) is 0. The number of nitrogens with one attached hydrogen (secondary N) is 1. The molecule has 0 aromatic rings. The number of carbonyl (C=O) groups is 2. The first-order chi connectivity index (χ1) is 4.27. The molecule has 1 N–H and O–H groups in total. The van der Waals surface area contributed by atoms with Crippen LogP contribution >= 0.6 is 0 Å². The van der Waals surface area contributed by atoms with E-state index >= 15 is 0 Å². The van der Waals surface area contributed by atoms with Gasteiger partial charge in [0, 0.05) is 6.42 Å². The highest BCUT2D eigenvalue weighted by Crippen LogP contribution is 1.86. The zero-order valence-corrected chi connectivity index (χ0v) is 4.92. The molecule has 51 valence electrons. The molecule has 0 aromatic heterocycles. The molecule has 0 spiro atoms. The van der Waals surface area contributed by atoms with E-state index in [0.29, 0.717) is 12.9 Å². The third-order valence-corrected chi connectivity index (χ3v) is 0.734. The summed E-state index contributed by atoms with van der Waals surface area (Å²) in [5.74, 6) is -0.621. The van der Waals surface area contributed by atoms with Crippen LogP contribution in [0.5, 0.6) is 0 Å². The second-order valence-corrected chi connectivity index (χ2v) is 1.49. The van der Waals surface area contributed by atoms with Gasteiger partial charge in [-0.25, -0.2) is 0 Å². The van der Waals surface area contributed by atoms with E-state index in [2.05, 4.69) is 4.74 Å². The molecule has 0 aliphatic rings. The maximum atomic E-state index is 9.93. The quantitative estimate of drug-likeness (QED) is 0.380. The van der Waals surface area contributed by atoms with Gasteiger partial charge >= 0.3 is 0 Å². The van der Waals surface area contributed by atoms with Gasteiger partial charge in [0.25, 0.3) is 6.47 Å². The summed E-state index contributed by atoms with van der Waals surface area (Å²) >= 11 is 0. The van der Waals surface area contributed by atoms with Crippen molar-refractivity contribution in [3.63, 3.8) is 0 Å². The standard InChI is InChI=1S/C5H8NO3/c6-5(8)2-1-3-9-4-7/h4,6H,1-3H2. The maximum Gasteiger partial charge on any atom is 0.293 e. The van der Waals surface area contributed by atoms with Crippen molar-refractivity contribution in [3.05, 3.63) is 0 Å². The highest BCUT2D eigenvalue weighted by Gasteiger charge is 1.93. The maximum absolute atomic E-state index is 9.93. The Morgan fingerprint density at radius 2 is 2.33 bits per heavy atom. The molecule has 1 amide bonds. The molecule has 0 bridgehead atoms. The topological polar surface area (TPSA) is 67.2 Å². The van der Waals surface area contributed by atoms with Crippen LogP contribution in [0.1, 0.15) is 12.8 Å². The molecule has 0 saturated heterocycles. The Morgan fingerprint density at radius 1 is 1.67 bits per heavy atom. The van der Waals surface area contributed by atoms with E-state index in [4.69, 9.17) is 5.73 Å². The number of ether oxygens (including phenoxy) is 1. The Kier molecular flexibility index (Phi) is 4.49. The number of amides is 1. The van der Waals surface area contributed by atoms with Gasteiger partial charge in [-0.05, 0) is 6.42 Å². The van der Waals surface area contributed by atoms with Gasteiger partial charge in [-0.1, -0.05) is 0 Å². The van der Waals surface area contributed by atoms with E-state index in [-0.39, 0.29) is 13.0 Å². The van der Waals surface area contributed by atoms with Crippen LogP contribution in [0.4, 0.5) is 0 Å². The van der Waals surface area contributed by atoms with E-state index in [0.717, 1.165) is 0 Å². The summed E-state index contributed by atoms with van der Waals surface area (Å²) in [4.78, 5) is 19.4. The van der Waals surface area contributed by atoms with E-state index in [9.17, 15) is 9.59 Å². The average molecular weight is 130 g/mol. The van der Waals surface area contributed by atoms with Crippen molar-refractivity contribution in [2.45, 2.75) is 12.8 Å². The normalized spacial score (nSPS) is 8.44. The van der Waals surface area contributed by atoms with Crippen molar-refractivity contribution in [2.24, 2.45) is 0 Å². The van der Waals surface area contributed by atoms with Crippen LogP contribution in [0, 0.1) is 0 Å². The molecule has 9 heavy (non-hydrogen) atoms. The van der Waals surface area contributed by atoms with Crippen molar-refractivity contribution >= 4 is 12.4 Å². The van der Waals surface area contributed by atoms with Crippen LogP contribution in [-0.2, 0) is 14.3 Å². The molecule has 0 aromatic carbocycles. The molecule has 4 heteroatoms. The lowest BCUT2D eigenvalue weighted by atomic mass is 10.3. The summed E-state index contributed by atoms with van der Waals surface area (Å²) in [5.41, 5.74) is 6.43. The van der Waals surface area contributed by atoms with Gasteiger partial charge in [0.05, 0.1) is 6.61 Å². The first-order valence-electron chi connectivity index (χ1n) is 2.57. The second kappa shape index (κ2) is 5.08. The van der Waals surface area contributed by atoms with Gasteiger partial charge in [-0.3, -0.25) is 15.3 Å². The number of rotatable bonds is 5. The van der Waals surface area contributed by atoms with Gasteiger partial charge in [0.15, 0.2) is 0 Å². The summed E-state index contributed by atoms with van der Waals surface area (Å²) in [6.45, 7) is 0.558. The Morgan fingerprint density at radius 3 is 2.78 bits per heavy atom. The highest BCUT2D eigenvalue weighted by atomic mass is 16.5. The third kappa shape index (κ3) is 6.94. The van der Waals surface area contributed by atoms with Gasteiger partial charge in [0.2, 0.25) is 5.91 Å². The molecule has 4 nitrogen and oxygen atoms in total. The van der Waals surface area contributed by atoms with Crippen LogP contribution in [0.15, 0.2) is 0 Å². The van der Waals surface area contributed by atoms with E-state index in [1.807, 2.05) is 0 Å². The Bertz CT molecular complexity index is 102. The summed E-state index contributed by atoms with van der Waals surface area (Å²) < 4.78 is 4.27. The van der Waals surface area contributed by atoms with Crippen LogP contribution in [0.3, 0.4) is 0 Å². The van der Waals surface area contributed by atoms with E-state index in [1.165, 1.54) is 0 Å². The fraction of sp³-hybridized carbons (Fsp3) is 0.600. The van der Waals surface area contributed by atoms with Gasteiger partial charge in [-0.2, -0.15) is 0 Å². The first-order valence-corrected chi connectivity index (χ1v) is 2.57. The predicted molar refractivity (Wildman–Crippen MR) is 29.4 cm³/mol. The zero-order valence-electron chi connectivity index (χ0n) is 4.92. The van der Waals surface area contributed by atoms with Crippen LogP contribution < -0.4 is 5.73 Å². The third-order valence-electron chi connectivity index (χ3n) is 0.734. The molecule has 0 rings (SSSR count). The minimum Gasteiger partial charge on any atom is -0.468 e. The Hall–Kier alpha value is -1.06. The molecule has 0 heterocycles. The predicted octanol–water partition coefficient (Wildman–Crippen LogP) is -0.251. The van der Waals surface area contributed by atoms with Gasteiger partial charge < -0.3 is 4.74 Å². The molecule has 0 saturated carbocycles. The fourth-order valence-corrected chi connectivity index (χ4v) is 0.364.